The summed E-state index contributed by atoms with van der Waals surface area (Å²) in [6, 6.07) is 7.41. The number of benzene rings is 1. The fourth-order valence-electron chi connectivity index (χ4n) is 2.22. The van der Waals surface area contributed by atoms with E-state index < -0.39 is 0 Å². The van der Waals surface area contributed by atoms with Crippen molar-refractivity contribution in [1.29, 1.82) is 0 Å². The van der Waals surface area contributed by atoms with Crippen LogP contribution in [0.4, 0.5) is 0 Å². The molecular weight excluding hydrogens is 222 g/mol. The van der Waals surface area contributed by atoms with Crippen molar-refractivity contribution in [3.63, 3.8) is 0 Å². The van der Waals surface area contributed by atoms with Gasteiger partial charge in [-0.2, -0.15) is 5.10 Å². The van der Waals surface area contributed by atoms with E-state index in [0.717, 1.165) is 12.6 Å². The van der Waals surface area contributed by atoms with Gasteiger partial charge in [-0.15, -0.1) is 0 Å². The zero-order valence-electron chi connectivity index (χ0n) is 11.0. The summed E-state index contributed by atoms with van der Waals surface area (Å²) >= 11 is 0. The largest absolute Gasteiger partial charge is 0.310 e. The van der Waals surface area contributed by atoms with Gasteiger partial charge in [0.15, 0.2) is 0 Å². The maximum absolute atomic E-state index is 4.27. The summed E-state index contributed by atoms with van der Waals surface area (Å²) in [7, 11) is 1.96. The molecule has 0 aliphatic heterocycles. The fourth-order valence-corrected chi connectivity index (χ4v) is 2.22. The van der Waals surface area contributed by atoms with Crippen LogP contribution in [0.2, 0.25) is 0 Å². The summed E-state index contributed by atoms with van der Waals surface area (Å²) in [5.41, 5.74) is 5.16. The Balaban J connectivity index is 1.91. The normalized spacial score (nSPS) is 15.0. The lowest BCUT2D eigenvalue weighted by Crippen LogP contribution is -2.15. The summed E-state index contributed by atoms with van der Waals surface area (Å²) < 4.78 is 1.86. The lowest BCUT2D eigenvalue weighted by Gasteiger charge is -2.10. The third-order valence-corrected chi connectivity index (χ3v) is 3.44. The van der Waals surface area contributed by atoms with E-state index in [0.29, 0.717) is 0 Å². The van der Waals surface area contributed by atoms with Crippen molar-refractivity contribution in [2.24, 2.45) is 7.05 Å². The molecular formula is C15H19N3. The standard InChI is InChI=1S/C15H19N3/c1-11-3-4-12(8-16-14-5-6-14)15(7-11)13-9-17-18(2)10-13/h3-4,7,9-10,14,16H,5-6,8H2,1-2H3. The molecule has 0 saturated heterocycles. The first-order chi connectivity index (χ1) is 8.72. The molecule has 0 amide bonds. The average molecular weight is 241 g/mol. The van der Waals surface area contributed by atoms with Gasteiger partial charge in [-0.25, -0.2) is 0 Å². The van der Waals surface area contributed by atoms with Crippen molar-refractivity contribution in [2.75, 3.05) is 0 Å². The lowest BCUT2D eigenvalue weighted by molar-refractivity contribution is 0.688. The Morgan fingerprint density at radius 1 is 1.39 bits per heavy atom. The van der Waals surface area contributed by atoms with Gasteiger partial charge in [0.2, 0.25) is 0 Å². The second kappa shape index (κ2) is 4.58. The highest BCUT2D eigenvalue weighted by molar-refractivity contribution is 5.66. The van der Waals surface area contributed by atoms with Crippen LogP contribution in [0.15, 0.2) is 30.6 Å². The van der Waals surface area contributed by atoms with E-state index >= 15 is 0 Å². The minimum Gasteiger partial charge on any atom is -0.310 e. The van der Waals surface area contributed by atoms with Crippen molar-refractivity contribution in [1.82, 2.24) is 15.1 Å². The van der Waals surface area contributed by atoms with Crippen molar-refractivity contribution in [3.05, 3.63) is 41.7 Å². The molecule has 0 radical (unpaired) electrons. The molecule has 3 heteroatoms. The molecule has 0 unspecified atom stereocenters. The number of hydrogen-bond donors (Lipinski definition) is 1. The van der Waals surface area contributed by atoms with Gasteiger partial charge in [0.05, 0.1) is 6.20 Å². The van der Waals surface area contributed by atoms with E-state index in [9.17, 15) is 0 Å². The Morgan fingerprint density at radius 3 is 2.89 bits per heavy atom. The van der Waals surface area contributed by atoms with Gasteiger partial charge in [0, 0.05) is 31.4 Å². The molecule has 2 aromatic rings. The van der Waals surface area contributed by atoms with Crippen LogP contribution in [0.5, 0.6) is 0 Å². The molecule has 1 heterocycles. The number of aromatic nitrogens is 2. The summed E-state index contributed by atoms with van der Waals surface area (Å²) in [6.07, 6.45) is 6.67. The molecule has 1 aliphatic carbocycles. The molecule has 1 aliphatic rings. The van der Waals surface area contributed by atoms with E-state index in [4.69, 9.17) is 0 Å². The molecule has 1 N–H and O–H groups in total. The highest BCUT2D eigenvalue weighted by Gasteiger charge is 2.20. The molecule has 1 fully saturated rings. The number of hydrogen-bond acceptors (Lipinski definition) is 2. The van der Waals surface area contributed by atoms with E-state index in [1.165, 1.54) is 35.1 Å². The van der Waals surface area contributed by atoms with Gasteiger partial charge in [-0.3, -0.25) is 4.68 Å². The van der Waals surface area contributed by atoms with Crippen molar-refractivity contribution in [3.8, 4) is 11.1 Å². The van der Waals surface area contributed by atoms with Crippen LogP contribution < -0.4 is 5.32 Å². The van der Waals surface area contributed by atoms with E-state index in [1.54, 1.807) is 0 Å². The third-order valence-electron chi connectivity index (χ3n) is 3.44. The minimum atomic E-state index is 0.744. The highest BCUT2D eigenvalue weighted by atomic mass is 15.2. The van der Waals surface area contributed by atoms with E-state index in [1.807, 2.05) is 17.9 Å². The monoisotopic (exact) mass is 241 g/mol. The third kappa shape index (κ3) is 2.46. The van der Waals surface area contributed by atoms with Crippen LogP contribution in [0.25, 0.3) is 11.1 Å². The van der Waals surface area contributed by atoms with Crippen LogP contribution in [0.3, 0.4) is 0 Å². The zero-order valence-corrected chi connectivity index (χ0v) is 11.0. The van der Waals surface area contributed by atoms with Crippen LogP contribution in [-0.4, -0.2) is 15.8 Å². The SMILES string of the molecule is Cc1ccc(CNC2CC2)c(-c2cnn(C)c2)c1. The number of nitrogens with one attached hydrogen (secondary N) is 1. The van der Waals surface area contributed by atoms with Gasteiger partial charge in [-0.05, 0) is 30.9 Å². The fraction of sp³-hybridized carbons (Fsp3) is 0.400. The van der Waals surface area contributed by atoms with E-state index in [-0.39, 0.29) is 0 Å². The van der Waals surface area contributed by atoms with Crippen LogP contribution >= 0.6 is 0 Å². The first-order valence-electron chi connectivity index (χ1n) is 6.54. The maximum atomic E-state index is 4.27. The second-order valence-corrected chi connectivity index (χ2v) is 5.22. The van der Waals surface area contributed by atoms with Crippen molar-refractivity contribution >= 4 is 0 Å². The molecule has 0 atom stereocenters. The van der Waals surface area contributed by atoms with Crippen molar-refractivity contribution in [2.45, 2.75) is 32.4 Å². The molecule has 1 aromatic heterocycles. The summed E-state index contributed by atoms with van der Waals surface area (Å²) in [4.78, 5) is 0. The van der Waals surface area contributed by atoms with Crippen LogP contribution in [0.1, 0.15) is 24.0 Å². The van der Waals surface area contributed by atoms with Gasteiger partial charge in [-0.1, -0.05) is 23.8 Å². The predicted molar refractivity (Wildman–Crippen MR) is 73.2 cm³/mol. The zero-order chi connectivity index (χ0) is 12.5. The highest BCUT2D eigenvalue weighted by Crippen LogP contribution is 2.26. The molecule has 0 spiro atoms. The Kier molecular flexibility index (Phi) is 2.92. The van der Waals surface area contributed by atoms with E-state index in [2.05, 4.69) is 41.7 Å². The second-order valence-electron chi connectivity index (χ2n) is 5.22. The molecule has 3 rings (SSSR count). The molecule has 3 nitrogen and oxygen atoms in total. The van der Waals surface area contributed by atoms with Gasteiger partial charge >= 0.3 is 0 Å². The average Bonchev–Trinajstić information content (AvgIpc) is 3.09. The maximum Gasteiger partial charge on any atom is 0.0568 e. The first-order valence-corrected chi connectivity index (χ1v) is 6.54. The topological polar surface area (TPSA) is 29.9 Å². The van der Waals surface area contributed by atoms with Gasteiger partial charge in [0.25, 0.3) is 0 Å². The van der Waals surface area contributed by atoms with Gasteiger partial charge < -0.3 is 5.32 Å². The Labute approximate surface area is 108 Å². The minimum absolute atomic E-state index is 0.744. The summed E-state index contributed by atoms with van der Waals surface area (Å²) in [6.45, 7) is 3.09. The molecule has 0 bridgehead atoms. The quantitative estimate of drug-likeness (QED) is 0.892. The lowest BCUT2D eigenvalue weighted by atomic mass is 10.00. The molecule has 94 valence electrons. The first kappa shape index (κ1) is 11.5. The Morgan fingerprint density at radius 2 is 2.22 bits per heavy atom. The smallest absolute Gasteiger partial charge is 0.0568 e. The molecule has 1 saturated carbocycles. The summed E-state index contributed by atoms with van der Waals surface area (Å²) in [5, 5.41) is 7.85. The molecule has 18 heavy (non-hydrogen) atoms. The van der Waals surface area contributed by atoms with Crippen molar-refractivity contribution < 1.29 is 0 Å². The summed E-state index contributed by atoms with van der Waals surface area (Å²) in [5.74, 6) is 0. The number of rotatable bonds is 4. The molecule has 1 aromatic carbocycles. The van der Waals surface area contributed by atoms with Crippen LogP contribution in [0, 0.1) is 6.92 Å². The van der Waals surface area contributed by atoms with Crippen LogP contribution in [-0.2, 0) is 13.6 Å². The Hall–Kier alpha value is -1.61. The predicted octanol–water partition coefficient (Wildman–Crippen LogP) is 2.65. The Bertz CT molecular complexity index is 553. The van der Waals surface area contributed by atoms with Gasteiger partial charge in [0.1, 0.15) is 0 Å². The number of aryl methyl sites for hydroxylation is 2. The number of nitrogens with zero attached hydrogens (tertiary/aromatic N) is 2.